The first-order valence-electron chi connectivity index (χ1n) is 10.7. The van der Waals surface area contributed by atoms with Crippen molar-refractivity contribution < 1.29 is 24.1 Å². The maximum Gasteiger partial charge on any atom is 0.231 e. The van der Waals surface area contributed by atoms with E-state index >= 15 is 0 Å². The van der Waals surface area contributed by atoms with E-state index in [1.807, 2.05) is 12.1 Å². The Morgan fingerprint density at radius 1 is 1.17 bits per heavy atom. The number of rotatable bonds is 3. The molecule has 3 N–H and O–H groups in total. The van der Waals surface area contributed by atoms with Gasteiger partial charge in [-0.1, -0.05) is 20.8 Å². The van der Waals surface area contributed by atoms with Crippen molar-refractivity contribution in [1.29, 1.82) is 0 Å². The fourth-order valence-corrected chi connectivity index (χ4v) is 6.11. The van der Waals surface area contributed by atoms with E-state index in [0.29, 0.717) is 13.0 Å². The maximum atomic E-state index is 11.0. The zero-order valence-corrected chi connectivity index (χ0v) is 19.2. The summed E-state index contributed by atoms with van der Waals surface area (Å²) >= 11 is 0. The van der Waals surface area contributed by atoms with Gasteiger partial charge in [0.05, 0.1) is 18.8 Å². The van der Waals surface area contributed by atoms with Crippen molar-refractivity contribution in [3.63, 3.8) is 0 Å². The monoisotopic (exact) mass is 421 g/mol. The van der Waals surface area contributed by atoms with E-state index in [0.717, 1.165) is 29.0 Å². The molecule has 29 heavy (non-hydrogen) atoms. The molecule has 162 valence electrons. The summed E-state index contributed by atoms with van der Waals surface area (Å²) in [6.07, 6.45) is 0.699. The SMILES string of the molecule is CC(C)(C)[Si](C)(C)O[C@H]1C[C@@H]2NCc3cc4c(cc3[C@H](CO)[C@@H]2C[C@H]1O)OCO4. The highest BCUT2D eigenvalue weighted by Gasteiger charge is 2.47. The summed E-state index contributed by atoms with van der Waals surface area (Å²) in [6.45, 7) is 12.2. The number of hydrogen-bond acceptors (Lipinski definition) is 6. The van der Waals surface area contributed by atoms with Crippen LogP contribution in [-0.4, -0.2) is 50.2 Å². The molecule has 6 nitrogen and oxygen atoms in total. The Labute approximate surface area is 174 Å². The molecule has 1 aliphatic carbocycles. The third-order valence-corrected chi connectivity index (χ3v) is 12.0. The summed E-state index contributed by atoms with van der Waals surface area (Å²) in [7, 11) is -1.97. The number of aliphatic hydroxyl groups excluding tert-OH is 2. The molecule has 1 saturated carbocycles. The molecule has 0 amide bonds. The van der Waals surface area contributed by atoms with Crippen LogP contribution in [0.3, 0.4) is 0 Å². The number of aliphatic hydroxyl groups is 2. The molecule has 1 fully saturated rings. The number of hydrogen-bond donors (Lipinski definition) is 3. The van der Waals surface area contributed by atoms with Crippen LogP contribution in [0.15, 0.2) is 12.1 Å². The summed E-state index contributed by atoms with van der Waals surface area (Å²) in [5.74, 6) is 1.63. The summed E-state index contributed by atoms with van der Waals surface area (Å²) < 4.78 is 17.7. The summed E-state index contributed by atoms with van der Waals surface area (Å²) in [6, 6.07) is 4.24. The standard InChI is InChI=1S/C22H35NO5Si/c1-22(2,3)29(4,5)28-19-9-17-15(7-18(19)25)16(11-24)14-8-21-20(26-12-27-21)6-13(14)10-23-17/h6,8,15-19,23-25H,7,9-12H2,1-5H3/t15-,16-,17-,18+,19-/m0/s1. The van der Waals surface area contributed by atoms with Crippen molar-refractivity contribution in [1.82, 2.24) is 5.32 Å². The van der Waals surface area contributed by atoms with E-state index in [2.05, 4.69) is 39.2 Å². The van der Waals surface area contributed by atoms with Gasteiger partial charge < -0.3 is 29.4 Å². The molecule has 2 aliphatic heterocycles. The maximum absolute atomic E-state index is 11.0. The van der Waals surface area contributed by atoms with Crippen LogP contribution < -0.4 is 14.8 Å². The van der Waals surface area contributed by atoms with E-state index in [1.54, 1.807) is 0 Å². The highest BCUT2D eigenvalue weighted by atomic mass is 28.4. The zero-order chi connectivity index (χ0) is 21.0. The molecular formula is C22H35NO5Si. The molecule has 5 atom stereocenters. The molecule has 7 heteroatoms. The predicted octanol–water partition coefficient (Wildman–Crippen LogP) is 3.12. The number of benzene rings is 1. The Bertz CT molecular complexity index is 762. The molecule has 0 spiro atoms. The molecule has 0 saturated heterocycles. The van der Waals surface area contributed by atoms with Gasteiger partial charge >= 0.3 is 0 Å². The Morgan fingerprint density at radius 3 is 2.52 bits per heavy atom. The fourth-order valence-electron chi connectivity index (χ4n) is 4.74. The normalized spacial score (nSPS) is 31.8. The van der Waals surface area contributed by atoms with Crippen LogP contribution in [0.2, 0.25) is 18.1 Å². The van der Waals surface area contributed by atoms with Gasteiger partial charge in [-0.05, 0) is 60.2 Å². The van der Waals surface area contributed by atoms with Crippen LogP contribution in [0.1, 0.15) is 50.7 Å². The second-order valence-corrected chi connectivity index (χ2v) is 15.1. The first-order valence-corrected chi connectivity index (χ1v) is 13.6. The van der Waals surface area contributed by atoms with E-state index in [9.17, 15) is 10.2 Å². The molecule has 0 radical (unpaired) electrons. The molecule has 2 heterocycles. The van der Waals surface area contributed by atoms with Gasteiger partial charge in [0.15, 0.2) is 19.8 Å². The number of nitrogens with one attached hydrogen (secondary N) is 1. The molecule has 1 aromatic rings. The van der Waals surface area contributed by atoms with Crippen LogP contribution in [0, 0.1) is 5.92 Å². The zero-order valence-electron chi connectivity index (χ0n) is 18.2. The van der Waals surface area contributed by atoms with Crippen LogP contribution in [0.4, 0.5) is 0 Å². The summed E-state index contributed by atoms with van der Waals surface area (Å²) in [4.78, 5) is 0. The van der Waals surface area contributed by atoms with Gasteiger partial charge in [-0.3, -0.25) is 0 Å². The Morgan fingerprint density at radius 2 is 1.86 bits per heavy atom. The molecule has 0 unspecified atom stereocenters. The fraction of sp³-hybridized carbons (Fsp3) is 0.727. The first-order chi connectivity index (χ1) is 13.6. The van der Waals surface area contributed by atoms with Crippen molar-refractivity contribution >= 4 is 8.32 Å². The molecule has 0 aromatic heterocycles. The number of ether oxygens (including phenoxy) is 2. The lowest BCUT2D eigenvalue weighted by atomic mass is 9.72. The van der Waals surface area contributed by atoms with Crippen molar-refractivity contribution in [2.45, 2.75) is 82.5 Å². The third kappa shape index (κ3) is 3.83. The van der Waals surface area contributed by atoms with Crippen LogP contribution in [0.25, 0.3) is 0 Å². The molecule has 1 aromatic carbocycles. The van der Waals surface area contributed by atoms with Gasteiger partial charge in [0.1, 0.15) is 0 Å². The topological polar surface area (TPSA) is 80.2 Å². The van der Waals surface area contributed by atoms with Gasteiger partial charge in [0.2, 0.25) is 6.79 Å². The molecule has 4 rings (SSSR count). The van der Waals surface area contributed by atoms with Crippen molar-refractivity contribution in [3.05, 3.63) is 23.3 Å². The second kappa shape index (κ2) is 7.53. The molecule has 3 aliphatic rings. The molecular weight excluding hydrogens is 386 g/mol. The Balaban J connectivity index is 1.58. The van der Waals surface area contributed by atoms with Gasteiger partial charge in [-0.2, -0.15) is 0 Å². The van der Waals surface area contributed by atoms with E-state index in [4.69, 9.17) is 13.9 Å². The summed E-state index contributed by atoms with van der Waals surface area (Å²) in [5, 5.41) is 25.1. The lowest BCUT2D eigenvalue weighted by Gasteiger charge is -2.46. The number of fused-ring (bicyclic) bond motifs is 3. The van der Waals surface area contributed by atoms with Crippen molar-refractivity contribution in [3.8, 4) is 11.5 Å². The second-order valence-electron chi connectivity index (χ2n) is 10.3. The predicted molar refractivity (Wildman–Crippen MR) is 114 cm³/mol. The Hall–Kier alpha value is -1.12. The van der Waals surface area contributed by atoms with Crippen LogP contribution in [0.5, 0.6) is 11.5 Å². The average molecular weight is 422 g/mol. The lowest BCUT2D eigenvalue weighted by molar-refractivity contribution is -0.0377. The lowest BCUT2D eigenvalue weighted by Crippen LogP contribution is -2.54. The minimum Gasteiger partial charge on any atom is -0.454 e. The minimum absolute atomic E-state index is 0.0389. The van der Waals surface area contributed by atoms with Crippen LogP contribution >= 0.6 is 0 Å². The molecule has 0 bridgehead atoms. The van der Waals surface area contributed by atoms with Gasteiger partial charge in [-0.25, -0.2) is 0 Å². The first kappa shape index (κ1) is 21.1. The highest BCUT2D eigenvalue weighted by Crippen LogP contribution is 2.46. The van der Waals surface area contributed by atoms with Crippen molar-refractivity contribution in [2.24, 2.45) is 5.92 Å². The summed E-state index contributed by atoms with van der Waals surface area (Å²) in [5.41, 5.74) is 2.24. The van der Waals surface area contributed by atoms with E-state index in [1.165, 1.54) is 0 Å². The quantitative estimate of drug-likeness (QED) is 0.651. The van der Waals surface area contributed by atoms with E-state index in [-0.39, 0.29) is 42.4 Å². The minimum atomic E-state index is -1.97. The van der Waals surface area contributed by atoms with Gasteiger partial charge in [-0.15, -0.1) is 0 Å². The average Bonchev–Trinajstić information content (AvgIpc) is 3.03. The van der Waals surface area contributed by atoms with E-state index < -0.39 is 14.4 Å². The Kier molecular flexibility index (Phi) is 5.49. The van der Waals surface area contributed by atoms with Gasteiger partial charge in [0, 0.05) is 18.5 Å². The van der Waals surface area contributed by atoms with Crippen LogP contribution in [-0.2, 0) is 11.0 Å². The largest absolute Gasteiger partial charge is 0.454 e. The van der Waals surface area contributed by atoms with Crippen molar-refractivity contribution in [2.75, 3.05) is 13.4 Å². The third-order valence-electron chi connectivity index (χ3n) is 7.50. The smallest absolute Gasteiger partial charge is 0.231 e. The van der Waals surface area contributed by atoms with Gasteiger partial charge in [0.25, 0.3) is 0 Å². The highest BCUT2D eigenvalue weighted by molar-refractivity contribution is 6.74.